The SMILES string of the molecule is OC(c1ccc(F)cc1)C1CCN(C/C(Cl)=C/Cl)CC1. The zero-order valence-corrected chi connectivity index (χ0v) is 12.6. The van der Waals surface area contributed by atoms with Crippen LogP contribution in [0.4, 0.5) is 4.39 Å². The molecule has 1 heterocycles. The predicted molar refractivity (Wildman–Crippen MR) is 80.3 cm³/mol. The monoisotopic (exact) mass is 317 g/mol. The lowest BCUT2D eigenvalue weighted by molar-refractivity contribution is 0.0618. The largest absolute Gasteiger partial charge is 0.388 e. The Kier molecular flexibility index (Phi) is 5.85. The third-order valence-electron chi connectivity index (χ3n) is 3.78. The van der Waals surface area contributed by atoms with Gasteiger partial charge >= 0.3 is 0 Å². The van der Waals surface area contributed by atoms with Crippen LogP contribution in [0, 0.1) is 11.7 Å². The Morgan fingerprint density at radius 2 is 1.95 bits per heavy atom. The van der Waals surface area contributed by atoms with Crippen LogP contribution in [0.5, 0.6) is 0 Å². The van der Waals surface area contributed by atoms with Crippen molar-refractivity contribution in [2.24, 2.45) is 5.92 Å². The van der Waals surface area contributed by atoms with Crippen molar-refractivity contribution in [3.8, 4) is 0 Å². The van der Waals surface area contributed by atoms with E-state index in [1.54, 1.807) is 12.1 Å². The minimum atomic E-state index is -0.531. The lowest BCUT2D eigenvalue weighted by Crippen LogP contribution is -2.36. The van der Waals surface area contributed by atoms with Gasteiger partial charge in [0.15, 0.2) is 0 Å². The molecule has 0 spiro atoms. The molecule has 1 aliphatic heterocycles. The van der Waals surface area contributed by atoms with Crippen LogP contribution in [-0.2, 0) is 0 Å². The lowest BCUT2D eigenvalue weighted by atomic mass is 9.87. The van der Waals surface area contributed by atoms with Gasteiger partial charge in [-0.15, -0.1) is 0 Å². The summed E-state index contributed by atoms with van der Waals surface area (Å²) in [6.45, 7) is 2.41. The predicted octanol–water partition coefficient (Wildman–Crippen LogP) is 3.89. The molecule has 1 unspecified atom stereocenters. The Hall–Kier alpha value is -0.610. The first-order chi connectivity index (χ1) is 9.60. The van der Waals surface area contributed by atoms with E-state index < -0.39 is 6.10 Å². The van der Waals surface area contributed by atoms with Crippen molar-refractivity contribution in [3.63, 3.8) is 0 Å². The maximum absolute atomic E-state index is 12.9. The van der Waals surface area contributed by atoms with Gasteiger partial charge < -0.3 is 5.11 Å². The number of benzene rings is 1. The second-order valence-corrected chi connectivity index (χ2v) is 5.87. The molecule has 1 N–H and O–H groups in total. The first kappa shape index (κ1) is 15.8. The highest BCUT2D eigenvalue weighted by atomic mass is 35.5. The second kappa shape index (κ2) is 7.41. The minimum absolute atomic E-state index is 0.204. The smallest absolute Gasteiger partial charge is 0.123 e. The highest BCUT2D eigenvalue weighted by molar-refractivity contribution is 6.36. The summed E-state index contributed by atoms with van der Waals surface area (Å²) in [7, 11) is 0. The molecule has 2 rings (SSSR count). The Morgan fingerprint density at radius 1 is 1.35 bits per heavy atom. The van der Waals surface area contributed by atoms with E-state index in [1.165, 1.54) is 17.7 Å². The molecule has 0 radical (unpaired) electrons. The molecule has 1 aromatic carbocycles. The summed E-state index contributed by atoms with van der Waals surface area (Å²) < 4.78 is 12.9. The van der Waals surface area contributed by atoms with Crippen molar-refractivity contribution >= 4 is 23.2 Å². The number of nitrogens with zero attached hydrogens (tertiary/aromatic N) is 1. The van der Waals surface area contributed by atoms with Crippen LogP contribution in [-0.4, -0.2) is 29.6 Å². The summed E-state index contributed by atoms with van der Waals surface area (Å²) in [6, 6.07) is 6.08. The first-order valence-corrected chi connectivity index (χ1v) is 7.52. The molecular weight excluding hydrogens is 300 g/mol. The summed E-state index contributed by atoms with van der Waals surface area (Å²) in [5.41, 5.74) is 2.17. The molecule has 5 heteroatoms. The number of hydrogen-bond acceptors (Lipinski definition) is 2. The van der Waals surface area contributed by atoms with Crippen LogP contribution in [0.1, 0.15) is 24.5 Å². The highest BCUT2D eigenvalue weighted by Gasteiger charge is 2.26. The molecule has 0 bridgehead atoms. The molecule has 20 heavy (non-hydrogen) atoms. The van der Waals surface area contributed by atoms with Crippen LogP contribution in [0.2, 0.25) is 0 Å². The third kappa shape index (κ3) is 4.19. The summed E-state index contributed by atoms with van der Waals surface area (Å²) >= 11 is 11.5. The fourth-order valence-corrected chi connectivity index (χ4v) is 2.85. The zero-order valence-electron chi connectivity index (χ0n) is 11.1. The van der Waals surface area contributed by atoms with E-state index in [4.69, 9.17) is 23.2 Å². The fourth-order valence-electron chi connectivity index (χ4n) is 2.61. The van der Waals surface area contributed by atoms with E-state index >= 15 is 0 Å². The van der Waals surface area contributed by atoms with Gasteiger partial charge in [-0.05, 0) is 49.5 Å². The highest BCUT2D eigenvalue weighted by Crippen LogP contribution is 2.31. The van der Waals surface area contributed by atoms with E-state index in [9.17, 15) is 9.50 Å². The number of likely N-dealkylation sites (tertiary alicyclic amines) is 1. The quantitative estimate of drug-likeness (QED) is 0.910. The number of halogens is 3. The zero-order chi connectivity index (χ0) is 14.5. The number of piperidine rings is 1. The molecule has 1 fully saturated rings. The first-order valence-electron chi connectivity index (χ1n) is 6.71. The van der Waals surface area contributed by atoms with Crippen molar-refractivity contribution in [1.29, 1.82) is 0 Å². The normalized spacial score (nSPS) is 20.1. The van der Waals surface area contributed by atoms with Crippen molar-refractivity contribution in [2.45, 2.75) is 18.9 Å². The summed E-state index contributed by atoms with van der Waals surface area (Å²) in [6.07, 6.45) is 1.26. The van der Waals surface area contributed by atoms with Gasteiger partial charge in [0.2, 0.25) is 0 Å². The van der Waals surface area contributed by atoms with Gasteiger partial charge in [0, 0.05) is 17.1 Å². The van der Waals surface area contributed by atoms with E-state index in [2.05, 4.69) is 4.90 Å². The molecule has 2 nitrogen and oxygen atoms in total. The summed E-state index contributed by atoms with van der Waals surface area (Å²) in [4.78, 5) is 2.22. The Bertz CT molecular complexity index is 455. The lowest BCUT2D eigenvalue weighted by Gasteiger charge is -2.34. The summed E-state index contributed by atoms with van der Waals surface area (Å²) in [5.74, 6) is -0.0752. The third-order valence-corrected chi connectivity index (χ3v) is 4.39. The van der Waals surface area contributed by atoms with Gasteiger partial charge in [-0.3, -0.25) is 4.90 Å². The Morgan fingerprint density at radius 3 is 2.50 bits per heavy atom. The van der Waals surface area contributed by atoms with Crippen LogP contribution < -0.4 is 0 Å². The molecule has 0 aliphatic carbocycles. The second-order valence-electron chi connectivity index (χ2n) is 5.17. The van der Waals surface area contributed by atoms with Crippen LogP contribution in [0.15, 0.2) is 34.8 Å². The van der Waals surface area contributed by atoms with E-state index in [-0.39, 0.29) is 11.7 Å². The molecule has 1 atom stereocenters. The van der Waals surface area contributed by atoms with Crippen LogP contribution in [0.25, 0.3) is 0 Å². The van der Waals surface area contributed by atoms with Gasteiger partial charge in [0.05, 0.1) is 6.10 Å². The van der Waals surface area contributed by atoms with E-state index in [1.807, 2.05) is 0 Å². The standard InChI is InChI=1S/C15H18Cl2FNO/c16-9-13(17)10-19-7-5-12(6-8-19)15(20)11-1-3-14(18)4-2-11/h1-4,9,12,15,20H,5-8,10H2/b13-9-. The van der Waals surface area contributed by atoms with Gasteiger partial charge in [0.25, 0.3) is 0 Å². The molecule has 1 aliphatic rings. The van der Waals surface area contributed by atoms with Gasteiger partial charge in [-0.25, -0.2) is 4.39 Å². The van der Waals surface area contributed by atoms with Crippen molar-refractivity contribution in [1.82, 2.24) is 4.90 Å². The molecule has 0 aromatic heterocycles. The average molecular weight is 318 g/mol. The van der Waals surface area contributed by atoms with Crippen LogP contribution in [0.3, 0.4) is 0 Å². The number of hydrogen-bond donors (Lipinski definition) is 1. The number of aliphatic hydroxyl groups is 1. The van der Waals surface area contributed by atoms with Crippen LogP contribution >= 0.6 is 23.2 Å². The topological polar surface area (TPSA) is 23.5 Å². The Labute approximate surface area is 128 Å². The maximum Gasteiger partial charge on any atom is 0.123 e. The number of aliphatic hydroxyl groups excluding tert-OH is 1. The van der Waals surface area contributed by atoms with Gasteiger partial charge in [-0.2, -0.15) is 0 Å². The molecule has 1 aromatic rings. The van der Waals surface area contributed by atoms with Gasteiger partial charge in [0.1, 0.15) is 5.82 Å². The maximum atomic E-state index is 12.9. The van der Waals surface area contributed by atoms with Crippen molar-refractivity contribution in [2.75, 3.05) is 19.6 Å². The van der Waals surface area contributed by atoms with Crippen molar-refractivity contribution < 1.29 is 9.50 Å². The summed E-state index contributed by atoms with van der Waals surface area (Å²) in [5, 5.41) is 11.0. The van der Waals surface area contributed by atoms with E-state index in [0.29, 0.717) is 11.6 Å². The molecular formula is C15H18Cl2FNO. The van der Waals surface area contributed by atoms with E-state index in [0.717, 1.165) is 31.5 Å². The minimum Gasteiger partial charge on any atom is -0.388 e. The fraction of sp³-hybridized carbons (Fsp3) is 0.467. The van der Waals surface area contributed by atoms with Crippen molar-refractivity contribution in [3.05, 3.63) is 46.2 Å². The van der Waals surface area contributed by atoms with Gasteiger partial charge in [-0.1, -0.05) is 35.3 Å². The molecule has 110 valence electrons. The molecule has 0 amide bonds. The average Bonchev–Trinajstić information content (AvgIpc) is 2.48. The molecule has 1 saturated heterocycles. The Balaban J connectivity index is 1.88. The number of rotatable bonds is 4. The molecule has 0 saturated carbocycles.